The van der Waals surface area contributed by atoms with Gasteiger partial charge in [-0.2, -0.15) is 0 Å². The van der Waals surface area contributed by atoms with Gasteiger partial charge in [-0.15, -0.1) is 0 Å². The van der Waals surface area contributed by atoms with E-state index in [1.54, 1.807) is 0 Å². The Balaban J connectivity index is 3.03. The molecule has 2 N–H and O–H groups in total. The van der Waals surface area contributed by atoms with Gasteiger partial charge >= 0.3 is 0 Å². The van der Waals surface area contributed by atoms with Crippen LogP contribution in [0.5, 0.6) is 0 Å². The van der Waals surface area contributed by atoms with Gasteiger partial charge in [-0.1, -0.05) is 0 Å². The Morgan fingerprint density at radius 2 is 0.773 bits per heavy atom. The highest BCUT2D eigenvalue weighted by Gasteiger charge is 2.32. The summed E-state index contributed by atoms with van der Waals surface area (Å²) in [6, 6.07) is 0. The van der Waals surface area contributed by atoms with Crippen LogP contribution in [-0.2, 0) is 0 Å². The quantitative estimate of drug-likeness (QED) is 0.470. The summed E-state index contributed by atoms with van der Waals surface area (Å²) in [5.74, 6) is -17.1. The standard InChI is InChI=1S/C13H5F8N/c1-2-5(14)7(16)3(8(17)6(2)15)4-9(18)11(20)13(22)12(21)10(4)19/h22H2,1H3. The van der Waals surface area contributed by atoms with Crippen molar-refractivity contribution in [2.24, 2.45) is 0 Å². The minimum absolute atomic E-state index is 0.664. The average Bonchev–Trinajstić information content (AvgIpc) is 2.50. The van der Waals surface area contributed by atoms with Crippen molar-refractivity contribution in [3.63, 3.8) is 0 Å². The van der Waals surface area contributed by atoms with Crippen LogP contribution in [0, 0.1) is 53.5 Å². The molecule has 9 heteroatoms. The molecule has 22 heavy (non-hydrogen) atoms. The number of benzene rings is 2. The fraction of sp³-hybridized carbons (Fsp3) is 0.0769. The van der Waals surface area contributed by atoms with Crippen LogP contribution in [0.25, 0.3) is 11.1 Å². The zero-order valence-corrected chi connectivity index (χ0v) is 10.6. The van der Waals surface area contributed by atoms with Crippen molar-refractivity contribution in [3.05, 3.63) is 52.1 Å². The fourth-order valence-electron chi connectivity index (χ4n) is 1.83. The first kappa shape index (κ1) is 16.1. The zero-order valence-electron chi connectivity index (χ0n) is 10.6. The van der Waals surface area contributed by atoms with Gasteiger partial charge < -0.3 is 5.73 Å². The van der Waals surface area contributed by atoms with E-state index in [4.69, 9.17) is 5.73 Å². The molecule has 118 valence electrons. The van der Waals surface area contributed by atoms with E-state index < -0.39 is 68.9 Å². The molecule has 0 aromatic heterocycles. The smallest absolute Gasteiger partial charge is 0.185 e. The minimum atomic E-state index is -2.28. The summed E-state index contributed by atoms with van der Waals surface area (Å²) >= 11 is 0. The predicted octanol–water partition coefficient (Wildman–Crippen LogP) is 4.36. The lowest BCUT2D eigenvalue weighted by molar-refractivity contribution is 0.439. The Morgan fingerprint density at radius 3 is 1.09 bits per heavy atom. The number of rotatable bonds is 1. The third-order valence-electron chi connectivity index (χ3n) is 3.03. The van der Waals surface area contributed by atoms with Gasteiger partial charge in [0.15, 0.2) is 46.5 Å². The maximum absolute atomic E-state index is 13.7. The molecule has 0 heterocycles. The van der Waals surface area contributed by atoms with Gasteiger partial charge in [0, 0.05) is 5.56 Å². The van der Waals surface area contributed by atoms with Crippen LogP contribution in [0.2, 0.25) is 0 Å². The molecular weight excluding hydrogens is 322 g/mol. The van der Waals surface area contributed by atoms with Gasteiger partial charge in [-0.25, -0.2) is 35.1 Å². The molecule has 0 amide bonds. The Morgan fingerprint density at radius 1 is 0.500 bits per heavy atom. The molecule has 0 unspecified atom stereocenters. The second-order valence-corrected chi connectivity index (χ2v) is 4.30. The second-order valence-electron chi connectivity index (χ2n) is 4.30. The summed E-state index contributed by atoms with van der Waals surface area (Å²) in [5.41, 5.74) is -1.79. The van der Waals surface area contributed by atoms with Crippen LogP contribution in [0.1, 0.15) is 5.56 Å². The molecule has 0 radical (unpaired) electrons. The highest BCUT2D eigenvalue weighted by Crippen LogP contribution is 2.38. The van der Waals surface area contributed by atoms with Crippen molar-refractivity contribution < 1.29 is 35.1 Å². The first-order valence-corrected chi connectivity index (χ1v) is 5.55. The summed E-state index contributed by atoms with van der Waals surface area (Å²) in [7, 11) is 0. The van der Waals surface area contributed by atoms with E-state index in [-0.39, 0.29) is 0 Å². The highest BCUT2D eigenvalue weighted by atomic mass is 19.2. The lowest BCUT2D eigenvalue weighted by atomic mass is 9.99. The van der Waals surface area contributed by atoms with E-state index in [1.807, 2.05) is 0 Å². The van der Waals surface area contributed by atoms with Crippen LogP contribution in [0.3, 0.4) is 0 Å². The third-order valence-corrected chi connectivity index (χ3v) is 3.03. The van der Waals surface area contributed by atoms with E-state index in [9.17, 15) is 35.1 Å². The van der Waals surface area contributed by atoms with E-state index >= 15 is 0 Å². The zero-order chi connectivity index (χ0) is 16.9. The monoisotopic (exact) mass is 327 g/mol. The molecule has 0 saturated carbocycles. The van der Waals surface area contributed by atoms with Gasteiger partial charge in [0.05, 0.1) is 11.1 Å². The first-order valence-electron chi connectivity index (χ1n) is 5.55. The molecule has 0 saturated heterocycles. The molecule has 2 aromatic carbocycles. The Kier molecular flexibility index (Phi) is 3.76. The maximum Gasteiger partial charge on any atom is 0.185 e. The molecule has 2 rings (SSSR count). The molecule has 0 aliphatic heterocycles. The fourth-order valence-corrected chi connectivity index (χ4v) is 1.83. The molecule has 1 nitrogen and oxygen atoms in total. The van der Waals surface area contributed by atoms with Crippen LogP contribution < -0.4 is 5.73 Å². The van der Waals surface area contributed by atoms with Gasteiger partial charge in [-0.05, 0) is 6.92 Å². The highest BCUT2D eigenvalue weighted by molar-refractivity contribution is 5.70. The van der Waals surface area contributed by atoms with Crippen molar-refractivity contribution in [1.82, 2.24) is 0 Å². The molecule has 0 bridgehead atoms. The summed E-state index contributed by atoms with van der Waals surface area (Å²) in [4.78, 5) is 0. The Hall–Kier alpha value is -2.32. The van der Waals surface area contributed by atoms with Crippen molar-refractivity contribution in [2.45, 2.75) is 6.92 Å². The predicted molar refractivity (Wildman–Crippen MR) is 60.7 cm³/mol. The van der Waals surface area contributed by atoms with Crippen molar-refractivity contribution in [2.75, 3.05) is 5.73 Å². The van der Waals surface area contributed by atoms with E-state index in [0.717, 1.165) is 0 Å². The topological polar surface area (TPSA) is 26.0 Å². The van der Waals surface area contributed by atoms with Gasteiger partial charge in [0.1, 0.15) is 5.69 Å². The second kappa shape index (κ2) is 5.15. The Bertz CT molecular complexity index is 674. The third kappa shape index (κ3) is 1.99. The number of nitrogens with two attached hydrogens (primary N) is 1. The summed E-state index contributed by atoms with van der Waals surface area (Å²) in [6.07, 6.45) is 0. The summed E-state index contributed by atoms with van der Waals surface area (Å²) < 4.78 is 108. The van der Waals surface area contributed by atoms with Crippen LogP contribution in [0.15, 0.2) is 0 Å². The maximum atomic E-state index is 13.7. The number of hydrogen-bond acceptors (Lipinski definition) is 1. The number of halogens is 8. The van der Waals surface area contributed by atoms with Crippen molar-refractivity contribution in [3.8, 4) is 11.1 Å². The molecule has 0 aliphatic carbocycles. The number of anilines is 1. The summed E-state index contributed by atoms with van der Waals surface area (Å²) in [5, 5.41) is 0. The normalized spacial score (nSPS) is 11.1. The lowest BCUT2D eigenvalue weighted by Crippen LogP contribution is -2.10. The summed E-state index contributed by atoms with van der Waals surface area (Å²) in [6.45, 7) is 0.664. The van der Waals surface area contributed by atoms with E-state index in [1.165, 1.54) is 0 Å². The first-order chi connectivity index (χ1) is 10.1. The average molecular weight is 327 g/mol. The van der Waals surface area contributed by atoms with Gasteiger partial charge in [0.2, 0.25) is 0 Å². The molecule has 0 aliphatic rings. The molecule has 0 atom stereocenters. The molecule has 2 aromatic rings. The van der Waals surface area contributed by atoms with Crippen LogP contribution >= 0.6 is 0 Å². The van der Waals surface area contributed by atoms with Gasteiger partial charge in [-0.3, -0.25) is 0 Å². The van der Waals surface area contributed by atoms with Crippen molar-refractivity contribution >= 4 is 5.69 Å². The number of nitrogen functional groups attached to an aromatic ring is 1. The SMILES string of the molecule is Cc1c(F)c(F)c(-c2c(F)c(F)c(N)c(F)c2F)c(F)c1F. The number of hydrogen-bond donors (Lipinski definition) is 1. The van der Waals surface area contributed by atoms with E-state index in [0.29, 0.717) is 6.92 Å². The van der Waals surface area contributed by atoms with Gasteiger partial charge in [0.25, 0.3) is 0 Å². The molecule has 0 spiro atoms. The lowest BCUT2D eigenvalue weighted by Gasteiger charge is -2.13. The van der Waals surface area contributed by atoms with Crippen LogP contribution in [-0.4, -0.2) is 0 Å². The Labute approximate surface area is 118 Å². The van der Waals surface area contributed by atoms with Crippen molar-refractivity contribution in [1.29, 1.82) is 0 Å². The molecular formula is C13H5F8N. The minimum Gasteiger partial charge on any atom is -0.394 e. The largest absolute Gasteiger partial charge is 0.394 e. The molecule has 0 fully saturated rings. The van der Waals surface area contributed by atoms with E-state index in [2.05, 4.69) is 0 Å². The van der Waals surface area contributed by atoms with Crippen LogP contribution in [0.4, 0.5) is 40.8 Å².